The van der Waals surface area contributed by atoms with Gasteiger partial charge in [-0.25, -0.2) is 4.79 Å². The van der Waals surface area contributed by atoms with E-state index in [1.54, 1.807) is 10.9 Å². The van der Waals surface area contributed by atoms with Gasteiger partial charge in [-0.05, 0) is 17.7 Å². The van der Waals surface area contributed by atoms with Crippen molar-refractivity contribution in [1.29, 1.82) is 0 Å². The lowest BCUT2D eigenvalue weighted by Crippen LogP contribution is -2.01. The van der Waals surface area contributed by atoms with Crippen LogP contribution in [0.15, 0.2) is 36.7 Å². The van der Waals surface area contributed by atoms with Gasteiger partial charge in [0.1, 0.15) is 0 Å². The van der Waals surface area contributed by atoms with Gasteiger partial charge < -0.3 is 4.74 Å². The zero-order valence-corrected chi connectivity index (χ0v) is 10.0. The summed E-state index contributed by atoms with van der Waals surface area (Å²) in [5.74, 6) is -0.387. The average molecular weight is 251 g/mol. The topological polar surface area (TPSA) is 44.1 Å². The molecule has 2 aromatic rings. The number of carbonyl (C=O) groups is 1. The third kappa shape index (κ3) is 2.85. The predicted molar refractivity (Wildman–Crippen MR) is 64.1 cm³/mol. The minimum Gasteiger partial charge on any atom is -0.465 e. The van der Waals surface area contributed by atoms with Gasteiger partial charge in [0.05, 0.1) is 25.4 Å². The van der Waals surface area contributed by atoms with E-state index in [-0.39, 0.29) is 5.97 Å². The molecule has 5 heteroatoms. The van der Waals surface area contributed by atoms with Crippen LogP contribution in [0, 0.1) is 0 Å². The maximum Gasteiger partial charge on any atom is 0.341 e. The summed E-state index contributed by atoms with van der Waals surface area (Å²) in [6, 6.07) is 7.50. The molecule has 17 heavy (non-hydrogen) atoms. The van der Waals surface area contributed by atoms with Crippen LogP contribution in [-0.2, 0) is 11.3 Å². The number of hydrogen-bond acceptors (Lipinski definition) is 3. The molecule has 0 aliphatic rings. The first kappa shape index (κ1) is 11.7. The lowest BCUT2D eigenvalue weighted by atomic mass is 10.2. The minimum atomic E-state index is -0.387. The fraction of sp³-hybridized carbons (Fsp3) is 0.167. The highest BCUT2D eigenvalue weighted by atomic mass is 35.5. The van der Waals surface area contributed by atoms with Gasteiger partial charge in [-0.15, -0.1) is 0 Å². The quantitative estimate of drug-likeness (QED) is 0.786. The second-order valence-electron chi connectivity index (χ2n) is 3.55. The van der Waals surface area contributed by atoms with E-state index >= 15 is 0 Å². The molecule has 2 rings (SSSR count). The number of methoxy groups -OCH3 is 1. The number of rotatable bonds is 3. The van der Waals surface area contributed by atoms with Crippen LogP contribution >= 0.6 is 11.6 Å². The van der Waals surface area contributed by atoms with Crippen LogP contribution in [0.5, 0.6) is 0 Å². The molecule has 0 atom stereocenters. The third-order valence-corrected chi connectivity index (χ3v) is 2.52. The van der Waals surface area contributed by atoms with E-state index in [9.17, 15) is 4.79 Å². The fourth-order valence-corrected chi connectivity index (χ4v) is 1.71. The molecule has 1 aromatic carbocycles. The SMILES string of the molecule is COC(=O)c1cnn(Cc2cccc(Cl)c2)c1. The standard InChI is InChI=1S/C12H11ClN2O2/c1-17-12(16)10-6-14-15(8-10)7-9-3-2-4-11(13)5-9/h2-6,8H,7H2,1H3. The molecule has 1 aromatic heterocycles. The second-order valence-corrected chi connectivity index (χ2v) is 3.98. The van der Waals surface area contributed by atoms with Gasteiger partial charge >= 0.3 is 5.97 Å². The van der Waals surface area contributed by atoms with Crippen LogP contribution in [0.2, 0.25) is 5.02 Å². The highest BCUT2D eigenvalue weighted by Gasteiger charge is 2.08. The number of aromatic nitrogens is 2. The molecule has 1 heterocycles. The van der Waals surface area contributed by atoms with Crippen molar-refractivity contribution in [3.63, 3.8) is 0 Å². The molecule has 0 unspecified atom stereocenters. The molecule has 0 aliphatic heterocycles. The van der Waals surface area contributed by atoms with Gasteiger partial charge in [0.25, 0.3) is 0 Å². The lowest BCUT2D eigenvalue weighted by molar-refractivity contribution is 0.0600. The van der Waals surface area contributed by atoms with Gasteiger partial charge in [-0.3, -0.25) is 4.68 Å². The molecular weight excluding hydrogens is 240 g/mol. The monoisotopic (exact) mass is 250 g/mol. The lowest BCUT2D eigenvalue weighted by Gasteiger charge is -2.01. The molecule has 4 nitrogen and oxygen atoms in total. The van der Waals surface area contributed by atoms with Crippen LogP contribution in [0.1, 0.15) is 15.9 Å². The Labute approximate surface area is 104 Å². The van der Waals surface area contributed by atoms with Crippen molar-refractivity contribution in [2.24, 2.45) is 0 Å². The molecule has 0 amide bonds. The molecule has 88 valence electrons. The van der Waals surface area contributed by atoms with E-state index in [0.29, 0.717) is 17.1 Å². The number of ether oxygens (including phenoxy) is 1. The van der Waals surface area contributed by atoms with Crippen LogP contribution in [0.25, 0.3) is 0 Å². The van der Waals surface area contributed by atoms with Crippen LogP contribution < -0.4 is 0 Å². The molecule has 0 saturated heterocycles. The average Bonchev–Trinajstić information content (AvgIpc) is 2.76. The van der Waals surface area contributed by atoms with Crippen LogP contribution in [0.4, 0.5) is 0 Å². The van der Waals surface area contributed by atoms with Crippen molar-refractivity contribution < 1.29 is 9.53 Å². The van der Waals surface area contributed by atoms with E-state index in [0.717, 1.165) is 5.56 Å². The minimum absolute atomic E-state index is 0.387. The maximum absolute atomic E-state index is 11.2. The van der Waals surface area contributed by atoms with Crippen molar-refractivity contribution in [2.75, 3.05) is 7.11 Å². The van der Waals surface area contributed by atoms with Crippen LogP contribution in [-0.4, -0.2) is 22.9 Å². The predicted octanol–water partition coefficient (Wildman–Crippen LogP) is 2.37. The zero-order valence-electron chi connectivity index (χ0n) is 9.26. The van der Waals surface area contributed by atoms with E-state index in [2.05, 4.69) is 9.84 Å². The Balaban J connectivity index is 2.14. The Morgan fingerprint density at radius 3 is 3.06 bits per heavy atom. The Kier molecular flexibility index (Phi) is 3.44. The molecular formula is C12H11ClN2O2. The van der Waals surface area contributed by atoms with Gasteiger partial charge in [0.2, 0.25) is 0 Å². The van der Waals surface area contributed by atoms with E-state index in [4.69, 9.17) is 11.6 Å². The molecule has 0 saturated carbocycles. The first-order valence-corrected chi connectivity index (χ1v) is 5.42. The molecule has 0 radical (unpaired) electrons. The summed E-state index contributed by atoms with van der Waals surface area (Å²) in [7, 11) is 1.34. The van der Waals surface area contributed by atoms with E-state index in [1.807, 2.05) is 24.3 Å². The summed E-state index contributed by atoms with van der Waals surface area (Å²) in [5, 5.41) is 4.77. The number of hydrogen-bond donors (Lipinski definition) is 0. The van der Waals surface area contributed by atoms with Crippen LogP contribution in [0.3, 0.4) is 0 Å². The van der Waals surface area contributed by atoms with Crippen molar-refractivity contribution >= 4 is 17.6 Å². The largest absolute Gasteiger partial charge is 0.465 e. The molecule has 0 fully saturated rings. The van der Waals surface area contributed by atoms with Crippen molar-refractivity contribution in [2.45, 2.75) is 6.54 Å². The first-order chi connectivity index (χ1) is 8.19. The summed E-state index contributed by atoms with van der Waals surface area (Å²) >= 11 is 5.89. The highest BCUT2D eigenvalue weighted by Crippen LogP contribution is 2.12. The van der Waals surface area contributed by atoms with Crippen molar-refractivity contribution in [3.05, 3.63) is 52.8 Å². The molecule has 0 aliphatic carbocycles. The van der Waals surface area contributed by atoms with E-state index < -0.39 is 0 Å². The Hall–Kier alpha value is -1.81. The molecule has 0 N–H and O–H groups in total. The summed E-state index contributed by atoms with van der Waals surface area (Å²) in [5.41, 5.74) is 1.46. The van der Waals surface area contributed by atoms with Gasteiger partial charge in [0, 0.05) is 11.2 Å². The second kappa shape index (κ2) is 5.01. The highest BCUT2D eigenvalue weighted by molar-refractivity contribution is 6.30. The van der Waals surface area contributed by atoms with E-state index in [1.165, 1.54) is 13.3 Å². The fourth-order valence-electron chi connectivity index (χ4n) is 1.50. The number of nitrogens with zero attached hydrogens (tertiary/aromatic N) is 2. The maximum atomic E-state index is 11.2. The number of esters is 1. The summed E-state index contributed by atoms with van der Waals surface area (Å²) in [6.07, 6.45) is 3.13. The van der Waals surface area contributed by atoms with Gasteiger partial charge in [-0.1, -0.05) is 23.7 Å². The van der Waals surface area contributed by atoms with Gasteiger partial charge in [-0.2, -0.15) is 5.10 Å². The summed E-state index contributed by atoms with van der Waals surface area (Å²) < 4.78 is 6.27. The summed E-state index contributed by atoms with van der Waals surface area (Å²) in [4.78, 5) is 11.2. The van der Waals surface area contributed by atoms with Crippen molar-refractivity contribution in [3.8, 4) is 0 Å². The van der Waals surface area contributed by atoms with Crippen molar-refractivity contribution in [1.82, 2.24) is 9.78 Å². The first-order valence-electron chi connectivity index (χ1n) is 5.04. The normalized spacial score (nSPS) is 10.2. The number of benzene rings is 1. The number of halogens is 1. The zero-order chi connectivity index (χ0) is 12.3. The number of carbonyl (C=O) groups excluding carboxylic acids is 1. The van der Waals surface area contributed by atoms with Gasteiger partial charge in [0.15, 0.2) is 0 Å². The Bertz CT molecular complexity index is 537. The Morgan fingerprint density at radius 1 is 1.53 bits per heavy atom. The molecule has 0 spiro atoms. The Morgan fingerprint density at radius 2 is 2.35 bits per heavy atom. The summed E-state index contributed by atoms with van der Waals surface area (Å²) in [6.45, 7) is 0.567. The molecule has 0 bridgehead atoms. The smallest absolute Gasteiger partial charge is 0.341 e. The third-order valence-electron chi connectivity index (χ3n) is 2.29.